The second-order valence-corrected chi connectivity index (χ2v) is 4.05. The van der Waals surface area contributed by atoms with Crippen LogP contribution in [-0.4, -0.2) is 18.0 Å². The predicted molar refractivity (Wildman–Crippen MR) is 53.3 cm³/mol. The summed E-state index contributed by atoms with van der Waals surface area (Å²) in [5, 5.41) is 2.88. The molecule has 1 aliphatic carbocycles. The third-order valence-corrected chi connectivity index (χ3v) is 2.81. The molecule has 0 radical (unpaired) electrons. The molecule has 0 aromatic rings. The zero-order valence-corrected chi connectivity index (χ0v) is 8.44. The maximum Gasteiger partial charge on any atom is 0.219 e. The maximum atomic E-state index is 11.0. The van der Waals surface area contributed by atoms with Crippen LogP contribution in [-0.2, 0) is 4.79 Å². The van der Waals surface area contributed by atoms with Gasteiger partial charge in [-0.3, -0.25) is 4.79 Å². The molecule has 3 heteroatoms. The van der Waals surface area contributed by atoms with Crippen molar-refractivity contribution in [2.75, 3.05) is 6.54 Å². The molecular formula is C10H20N2O. The van der Waals surface area contributed by atoms with Gasteiger partial charge in [0.2, 0.25) is 5.91 Å². The van der Waals surface area contributed by atoms with Crippen LogP contribution in [0.15, 0.2) is 0 Å². The minimum atomic E-state index is -0.122. The van der Waals surface area contributed by atoms with Gasteiger partial charge in [-0.05, 0) is 12.8 Å². The van der Waals surface area contributed by atoms with Crippen molar-refractivity contribution in [1.82, 2.24) is 5.32 Å². The van der Waals surface area contributed by atoms with Crippen molar-refractivity contribution < 1.29 is 4.79 Å². The van der Waals surface area contributed by atoms with Gasteiger partial charge in [-0.2, -0.15) is 0 Å². The summed E-state index contributed by atoms with van der Waals surface area (Å²) in [7, 11) is 0. The molecule has 0 spiro atoms. The zero-order valence-electron chi connectivity index (χ0n) is 8.44. The summed E-state index contributed by atoms with van der Waals surface area (Å²) in [6.07, 6.45) is 6.36. The smallest absolute Gasteiger partial charge is 0.219 e. The van der Waals surface area contributed by atoms with Crippen LogP contribution < -0.4 is 11.1 Å². The van der Waals surface area contributed by atoms with Gasteiger partial charge in [0.05, 0.1) is 0 Å². The van der Waals surface area contributed by atoms with Crippen LogP contribution in [0.25, 0.3) is 0 Å². The number of nitrogens with two attached hydrogens (primary N) is 1. The molecule has 0 bridgehead atoms. The second-order valence-electron chi connectivity index (χ2n) is 4.05. The molecule has 76 valence electrons. The van der Waals surface area contributed by atoms with Gasteiger partial charge in [-0.15, -0.1) is 0 Å². The number of hydrogen-bond acceptors (Lipinski definition) is 2. The minimum absolute atomic E-state index is 0.107. The van der Waals surface area contributed by atoms with E-state index < -0.39 is 0 Å². The van der Waals surface area contributed by atoms with E-state index in [0.29, 0.717) is 13.0 Å². The Morgan fingerprint density at radius 2 is 2.00 bits per heavy atom. The van der Waals surface area contributed by atoms with E-state index in [1.807, 2.05) is 6.92 Å². The highest BCUT2D eigenvalue weighted by molar-refractivity contribution is 5.75. The van der Waals surface area contributed by atoms with E-state index in [4.69, 9.17) is 5.73 Å². The molecule has 0 aliphatic heterocycles. The molecule has 0 unspecified atom stereocenters. The lowest BCUT2D eigenvalue weighted by Crippen LogP contribution is -2.51. The quantitative estimate of drug-likeness (QED) is 0.692. The zero-order chi connectivity index (χ0) is 9.73. The number of hydrogen-bond donors (Lipinski definition) is 2. The molecule has 0 aromatic heterocycles. The fraction of sp³-hybridized carbons (Fsp3) is 0.900. The van der Waals surface area contributed by atoms with Gasteiger partial charge in [0.25, 0.3) is 0 Å². The Morgan fingerprint density at radius 3 is 2.54 bits per heavy atom. The molecule has 0 saturated heterocycles. The lowest BCUT2D eigenvalue weighted by Gasteiger charge is -2.33. The minimum Gasteiger partial charge on any atom is -0.354 e. The predicted octanol–water partition coefficient (Wildman–Crippen LogP) is 1.17. The van der Waals surface area contributed by atoms with Crippen molar-refractivity contribution in [2.45, 2.75) is 51.0 Å². The van der Waals surface area contributed by atoms with Gasteiger partial charge in [-0.1, -0.05) is 26.2 Å². The molecule has 3 nitrogen and oxygen atoms in total. The first-order chi connectivity index (χ1) is 6.16. The highest BCUT2D eigenvalue weighted by Crippen LogP contribution is 2.24. The van der Waals surface area contributed by atoms with Crippen LogP contribution in [0.2, 0.25) is 0 Å². The van der Waals surface area contributed by atoms with Crippen molar-refractivity contribution >= 4 is 5.91 Å². The van der Waals surface area contributed by atoms with Crippen LogP contribution in [0, 0.1) is 0 Å². The topological polar surface area (TPSA) is 55.1 Å². The number of nitrogens with one attached hydrogen (secondary N) is 1. The van der Waals surface area contributed by atoms with Crippen LogP contribution in [0.4, 0.5) is 0 Å². The molecule has 1 rings (SSSR count). The average molecular weight is 184 g/mol. The first-order valence-electron chi connectivity index (χ1n) is 5.22. The Morgan fingerprint density at radius 1 is 1.38 bits per heavy atom. The van der Waals surface area contributed by atoms with E-state index in [2.05, 4.69) is 5.32 Å². The van der Waals surface area contributed by atoms with Crippen molar-refractivity contribution in [3.8, 4) is 0 Å². The normalized spacial score (nSPS) is 21.1. The summed E-state index contributed by atoms with van der Waals surface area (Å²) >= 11 is 0. The van der Waals surface area contributed by atoms with Gasteiger partial charge < -0.3 is 11.1 Å². The van der Waals surface area contributed by atoms with E-state index in [9.17, 15) is 4.79 Å². The van der Waals surface area contributed by atoms with E-state index >= 15 is 0 Å². The maximum absolute atomic E-state index is 11.0. The number of rotatable bonds is 3. The summed E-state index contributed by atoms with van der Waals surface area (Å²) in [5.74, 6) is 0.107. The van der Waals surface area contributed by atoms with Gasteiger partial charge in [0.15, 0.2) is 0 Å². The van der Waals surface area contributed by atoms with E-state index in [1.54, 1.807) is 0 Å². The highest BCUT2D eigenvalue weighted by atomic mass is 16.1. The summed E-state index contributed by atoms with van der Waals surface area (Å²) < 4.78 is 0. The average Bonchev–Trinajstić information content (AvgIpc) is 2.15. The number of carbonyl (C=O) groups excluding carboxylic acids is 1. The van der Waals surface area contributed by atoms with Crippen LogP contribution in [0.5, 0.6) is 0 Å². The van der Waals surface area contributed by atoms with Crippen molar-refractivity contribution in [3.05, 3.63) is 0 Å². The molecule has 1 fully saturated rings. The lowest BCUT2D eigenvalue weighted by molar-refractivity contribution is -0.121. The van der Waals surface area contributed by atoms with Gasteiger partial charge >= 0.3 is 0 Å². The summed E-state index contributed by atoms with van der Waals surface area (Å²) in [5.41, 5.74) is 6.03. The molecule has 0 aromatic carbocycles. The fourth-order valence-electron chi connectivity index (χ4n) is 1.83. The van der Waals surface area contributed by atoms with Gasteiger partial charge in [-0.25, -0.2) is 0 Å². The molecule has 0 atom stereocenters. The van der Waals surface area contributed by atoms with E-state index in [0.717, 1.165) is 12.8 Å². The Bertz CT molecular complexity index is 174. The van der Waals surface area contributed by atoms with Crippen molar-refractivity contribution in [2.24, 2.45) is 5.73 Å². The van der Waals surface area contributed by atoms with Gasteiger partial charge in [0.1, 0.15) is 0 Å². The van der Waals surface area contributed by atoms with E-state index in [1.165, 1.54) is 19.3 Å². The molecular weight excluding hydrogens is 164 g/mol. The van der Waals surface area contributed by atoms with Crippen molar-refractivity contribution in [3.63, 3.8) is 0 Å². The molecule has 3 N–H and O–H groups in total. The summed E-state index contributed by atoms with van der Waals surface area (Å²) in [6, 6.07) is 0. The largest absolute Gasteiger partial charge is 0.354 e. The first kappa shape index (κ1) is 10.5. The Balaban J connectivity index is 2.28. The molecule has 1 saturated carbocycles. The van der Waals surface area contributed by atoms with Crippen LogP contribution in [0.3, 0.4) is 0 Å². The molecule has 13 heavy (non-hydrogen) atoms. The summed E-state index contributed by atoms with van der Waals surface area (Å²) in [6.45, 7) is 2.51. The van der Waals surface area contributed by atoms with Crippen LogP contribution >= 0.6 is 0 Å². The van der Waals surface area contributed by atoms with Gasteiger partial charge in [0, 0.05) is 18.5 Å². The fourth-order valence-corrected chi connectivity index (χ4v) is 1.83. The molecule has 0 heterocycles. The lowest BCUT2D eigenvalue weighted by atomic mass is 9.82. The van der Waals surface area contributed by atoms with Crippen molar-refractivity contribution in [1.29, 1.82) is 0 Å². The molecule has 1 aliphatic rings. The Kier molecular flexibility index (Phi) is 3.72. The number of amides is 1. The second kappa shape index (κ2) is 4.61. The third-order valence-electron chi connectivity index (χ3n) is 2.81. The summed E-state index contributed by atoms with van der Waals surface area (Å²) in [4.78, 5) is 11.0. The highest BCUT2D eigenvalue weighted by Gasteiger charge is 2.27. The Labute approximate surface area is 80.1 Å². The number of carbonyl (C=O) groups is 1. The molecule has 1 amide bonds. The Hall–Kier alpha value is -0.570. The monoisotopic (exact) mass is 184 g/mol. The SMILES string of the molecule is CCC(=O)NCC1(N)CCCCC1. The first-order valence-corrected chi connectivity index (χ1v) is 5.22. The third kappa shape index (κ3) is 3.35. The van der Waals surface area contributed by atoms with Crippen LogP contribution in [0.1, 0.15) is 45.4 Å². The standard InChI is InChI=1S/C10H20N2O/c1-2-9(13)12-8-10(11)6-4-3-5-7-10/h2-8,11H2,1H3,(H,12,13). The van der Waals surface area contributed by atoms with E-state index in [-0.39, 0.29) is 11.4 Å².